The van der Waals surface area contributed by atoms with Gasteiger partial charge in [0.25, 0.3) is 5.56 Å². The summed E-state index contributed by atoms with van der Waals surface area (Å²) in [5.41, 5.74) is 3.13. The summed E-state index contributed by atoms with van der Waals surface area (Å²) >= 11 is 6.03. The molecule has 4 nitrogen and oxygen atoms in total. The maximum absolute atomic E-state index is 11.7. The molecule has 2 N–H and O–H groups in total. The molecule has 2 aromatic carbocycles. The van der Waals surface area contributed by atoms with Crippen LogP contribution in [-0.2, 0) is 6.54 Å². The van der Waals surface area contributed by atoms with Gasteiger partial charge < -0.3 is 5.32 Å². The lowest BCUT2D eigenvalue weighted by Crippen LogP contribution is -2.09. The monoisotopic (exact) mass is 299 g/mol. The fourth-order valence-corrected chi connectivity index (χ4v) is 2.45. The van der Waals surface area contributed by atoms with E-state index in [9.17, 15) is 4.79 Å². The van der Waals surface area contributed by atoms with Crippen molar-refractivity contribution in [3.63, 3.8) is 0 Å². The van der Waals surface area contributed by atoms with Gasteiger partial charge in [-0.3, -0.25) is 4.79 Å². The number of hydrogen-bond acceptors (Lipinski definition) is 3. The standard InChI is InChI=1S/C16H14ClN3O/c1-10-4-2-3-5-11(10)9-18-12-6-7-13-14(8-12)15(17)19-20-16(13)21/h2-8,18H,9H2,1H3,(H,20,21). The summed E-state index contributed by atoms with van der Waals surface area (Å²) in [6, 6.07) is 13.7. The van der Waals surface area contributed by atoms with E-state index >= 15 is 0 Å². The first-order chi connectivity index (χ1) is 10.1. The molecule has 0 saturated heterocycles. The number of halogens is 1. The Bertz CT molecular complexity index is 858. The Morgan fingerprint density at radius 2 is 2.00 bits per heavy atom. The molecule has 1 aromatic heterocycles. The smallest absolute Gasteiger partial charge is 0.272 e. The van der Waals surface area contributed by atoms with Crippen molar-refractivity contribution in [2.75, 3.05) is 5.32 Å². The Labute approximate surface area is 126 Å². The molecule has 0 aliphatic heterocycles. The number of hydrogen-bond donors (Lipinski definition) is 2. The van der Waals surface area contributed by atoms with E-state index in [1.54, 1.807) is 6.07 Å². The molecule has 0 aliphatic carbocycles. The van der Waals surface area contributed by atoms with Crippen LogP contribution in [-0.4, -0.2) is 10.2 Å². The number of H-pyrrole nitrogens is 1. The number of nitrogens with zero attached hydrogens (tertiary/aromatic N) is 1. The third-order valence-corrected chi connectivity index (χ3v) is 3.77. The van der Waals surface area contributed by atoms with Gasteiger partial charge in [0.15, 0.2) is 5.15 Å². The van der Waals surface area contributed by atoms with E-state index in [0.29, 0.717) is 22.5 Å². The van der Waals surface area contributed by atoms with Crippen LogP contribution >= 0.6 is 11.6 Å². The largest absolute Gasteiger partial charge is 0.381 e. The van der Waals surface area contributed by atoms with Crippen molar-refractivity contribution in [3.05, 3.63) is 69.1 Å². The molecule has 3 rings (SSSR count). The van der Waals surface area contributed by atoms with Crippen molar-refractivity contribution in [1.29, 1.82) is 0 Å². The average molecular weight is 300 g/mol. The number of fused-ring (bicyclic) bond motifs is 1. The molecule has 21 heavy (non-hydrogen) atoms. The van der Waals surface area contributed by atoms with Crippen molar-refractivity contribution in [2.45, 2.75) is 13.5 Å². The number of anilines is 1. The highest BCUT2D eigenvalue weighted by Crippen LogP contribution is 2.22. The molecule has 5 heteroatoms. The van der Waals surface area contributed by atoms with Crippen LogP contribution in [0.15, 0.2) is 47.3 Å². The van der Waals surface area contributed by atoms with Crippen molar-refractivity contribution in [3.8, 4) is 0 Å². The Kier molecular flexibility index (Phi) is 3.62. The first kappa shape index (κ1) is 13.6. The number of nitrogens with one attached hydrogen (secondary N) is 2. The van der Waals surface area contributed by atoms with Gasteiger partial charge in [-0.2, -0.15) is 5.10 Å². The zero-order valence-corrected chi connectivity index (χ0v) is 12.2. The molecule has 0 radical (unpaired) electrons. The van der Waals surface area contributed by atoms with Gasteiger partial charge in [-0.25, -0.2) is 5.10 Å². The van der Waals surface area contributed by atoms with E-state index < -0.39 is 0 Å². The summed E-state index contributed by atoms with van der Waals surface area (Å²) in [5.74, 6) is 0. The Hall–Kier alpha value is -2.33. The zero-order chi connectivity index (χ0) is 14.8. The van der Waals surface area contributed by atoms with Crippen LogP contribution in [0.5, 0.6) is 0 Å². The van der Waals surface area contributed by atoms with Crippen molar-refractivity contribution in [1.82, 2.24) is 10.2 Å². The summed E-state index contributed by atoms with van der Waals surface area (Å²) in [6.45, 7) is 2.80. The lowest BCUT2D eigenvalue weighted by molar-refractivity contribution is 1.01. The lowest BCUT2D eigenvalue weighted by Gasteiger charge is -2.10. The number of aromatic amines is 1. The van der Waals surface area contributed by atoms with Gasteiger partial charge in [-0.15, -0.1) is 0 Å². The van der Waals surface area contributed by atoms with E-state index in [4.69, 9.17) is 11.6 Å². The predicted octanol–water partition coefficient (Wildman–Crippen LogP) is 3.50. The van der Waals surface area contributed by atoms with Crippen LogP contribution in [0.2, 0.25) is 5.15 Å². The van der Waals surface area contributed by atoms with Gasteiger partial charge in [-0.1, -0.05) is 35.9 Å². The van der Waals surface area contributed by atoms with Crippen molar-refractivity contribution < 1.29 is 0 Å². The highest BCUT2D eigenvalue weighted by molar-refractivity contribution is 6.34. The molecule has 1 heterocycles. The molecule has 106 valence electrons. The molecule has 0 bridgehead atoms. The normalized spacial score (nSPS) is 10.8. The van der Waals surface area contributed by atoms with E-state index in [0.717, 1.165) is 5.69 Å². The minimum Gasteiger partial charge on any atom is -0.381 e. The van der Waals surface area contributed by atoms with E-state index in [-0.39, 0.29) is 5.56 Å². The molecule has 0 aliphatic rings. The van der Waals surface area contributed by atoms with Crippen LogP contribution in [0.4, 0.5) is 5.69 Å². The van der Waals surface area contributed by atoms with Gasteiger partial charge in [0.2, 0.25) is 0 Å². The summed E-state index contributed by atoms with van der Waals surface area (Å²) < 4.78 is 0. The van der Waals surface area contributed by atoms with Crippen LogP contribution in [0, 0.1) is 6.92 Å². The molecule has 0 atom stereocenters. The topological polar surface area (TPSA) is 57.8 Å². The molecule has 0 saturated carbocycles. The molecule has 0 amide bonds. The predicted molar refractivity (Wildman–Crippen MR) is 85.9 cm³/mol. The van der Waals surface area contributed by atoms with Gasteiger partial charge in [-0.05, 0) is 36.2 Å². The molecule has 0 fully saturated rings. The molecular weight excluding hydrogens is 286 g/mol. The second kappa shape index (κ2) is 5.58. The third-order valence-electron chi connectivity index (χ3n) is 3.49. The maximum atomic E-state index is 11.7. The summed E-state index contributed by atoms with van der Waals surface area (Å²) in [4.78, 5) is 11.7. The zero-order valence-electron chi connectivity index (χ0n) is 11.5. The van der Waals surface area contributed by atoms with Gasteiger partial charge >= 0.3 is 0 Å². The van der Waals surface area contributed by atoms with Crippen LogP contribution in [0.1, 0.15) is 11.1 Å². The fraction of sp³-hybridized carbons (Fsp3) is 0.125. The molecule has 0 unspecified atom stereocenters. The molecule has 3 aromatic rings. The van der Waals surface area contributed by atoms with Gasteiger partial charge in [0, 0.05) is 17.6 Å². The van der Waals surface area contributed by atoms with Crippen molar-refractivity contribution >= 4 is 28.1 Å². The summed E-state index contributed by atoms with van der Waals surface area (Å²) in [6.07, 6.45) is 0. The quantitative estimate of drug-likeness (QED) is 0.778. The van der Waals surface area contributed by atoms with E-state index in [1.165, 1.54) is 11.1 Å². The van der Waals surface area contributed by atoms with Crippen LogP contribution in [0.25, 0.3) is 10.8 Å². The first-order valence-corrected chi connectivity index (χ1v) is 6.99. The SMILES string of the molecule is Cc1ccccc1CNc1ccc2c(=O)[nH]nc(Cl)c2c1. The maximum Gasteiger partial charge on any atom is 0.272 e. The third kappa shape index (κ3) is 2.76. The Morgan fingerprint density at radius 1 is 1.19 bits per heavy atom. The first-order valence-electron chi connectivity index (χ1n) is 6.61. The summed E-state index contributed by atoms with van der Waals surface area (Å²) in [5, 5.41) is 11.0. The van der Waals surface area contributed by atoms with Crippen LogP contribution < -0.4 is 10.9 Å². The second-order valence-electron chi connectivity index (χ2n) is 4.88. The minimum atomic E-state index is -0.236. The van der Waals surface area contributed by atoms with E-state index in [2.05, 4.69) is 34.6 Å². The number of aryl methyl sites for hydroxylation is 1. The van der Waals surface area contributed by atoms with Gasteiger partial charge in [0.1, 0.15) is 0 Å². The number of aromatic nitrogens is 2. The highest BCUT2D eigenvalue weighted by atomic mass is 35.5. The average Bonchev–Trinajstić information content (AvgIpc) is 2.50. The second-order valence-corrected chi connectivity index (χ2v) is 5.24. The molecule has 0 spiro atoms. The van der Waals surface area contributed by atoms with Crippen LogP contribution in [0.3, 0.4) is 0 Å². The lowest BCUT2D eigenvalue weighted by atomic mass is 10.1. The summed E-state index contributed by atoms with van der Waals surface area (Å²) in [7, 11) is 0. The van der Waals surface area contributed by atoms with E-state index in [1.807, 2.05) is 24.3 Å². The number of rotatable bonds is 3. The Balaban J connectivity index is 1.90. The Morgan fingerprint density at radius 3 is 2.81 bits per heavy atom. The number of benzene rings is 2. The highest BCUT2D eigenvalue weighted by Gasteiger charge is 2.05. The molecular formula is C16H14ClN3O. The fourth-order valence-electron chi connectivity index (χ4n) is 2.25. The minimum absolute atomic E-state index is 0.236. The van der Waals surface area contributed by atoms with Crippen molar-refractivity contribution in [2.24, 2.45) is 0 Å². The van der Waals surface area contributed by atoms with Gasteiger partial charge in [0.05, 0.1) is 5.39 Å².